The summed E-state index contributed by atoms with van der Waals surface area (Å²) in [4.78, 5) is 4.72. The minimum Gasteiger partial charge on any atom is -0.323 e. The maximum absolute atomic E-state index is 12.5. The number of hydrogen-bond acceptors (Lipinski definition) is 6. The third kappa shape index (κ3) is 3.10. The Balaban J connectivity index is 2.29. The third-order valence-corrected chi connectivity index (χ3v) is 5.68. The molecule has 6 nitrogen and oxygen atoms in total. The fourth-order valence-electron chi connectivity index (χ4n) is 1.61. The van der Waals surface area contributed by atoms with Crippen LogP contribution in [0, 0.1) is 0 Å². The van der Waals surface area contributed by atoms with Gasteiger partial charge in [-0.1, -0.05) is 11.6 Å². The topological polar surface area (TPSA) is 88.3 Å². The van der Waals surface area contributed by atoms with Crippen LogP contribution >= 0.6 is 22.9 Å². The van der Waals surface area contributed by atoms with Crippen LogP contribution in [0.25, 0.3) is 0 Å². The van der Waals surface area contributed by atoms with Crippen LogP contribution in [0.3, 0.4) is 0 Å². The Morgan fingerprint density at radius 3 is 2.80 bits per heavy atom. The number of thiophene rings is 1. The molecule has 2 aromatic heterocycles. The molecule has 0 radical (unpaired) electrons. The van der Waals surface area contributed by atoms with Crippen LogP contribution in [0.2, 0.25) is 4.34 Å². The number of hydrazine groups is 1. The molecule has 108 valence electrons. The summed E-state index contributed by atoms with van der Waals surface area (Å²) < 4.78 is 26.8. The number of hydrogen-bond donors (Lipinski definition) is 2. The van der Waals surface area contributed by atoms with Crippen molar-refractivity contribution < 1.29 is 8.42 Å². The Kier molecular flexibility index (Phi) is 4.61. The van der Waals surface area contributed by atoms with Crippen LogP contribution < -0.4 is 11.3 Å². The van der Waals surface area contributed by atoms with Crippen molar-refractivity contribution in [3.8, 4) is 0 Å². The monoisotopic (exact) mass is 332 g/mol. The summed E-state index contributed by atoms with van der Waals surface area (Å²) >= 11 is 7.18. The maximum Gasteiger partial charge on any atom is 0.246 e. The number of rotatable bonds is 5. The zero-order valence-corrected chi connectivity index (χ0v) is 13.0. The fraction of sp³-hybridized carbons (Fsp3) is 0.182. The van der Waals surface area contributed by atoms with E-state index in [0.717, 1.165) is 4.88 Å². The standard InChI is InChI=1S/C11H13ClN4O2S2/c1-16(7-8-2-3-11(12)19-8)20(17,18)10-6-14-5-4-9(10)15-13/h2-6H,7,13H2,1H3,(H,14,15). The Bertz CT molecular complexity index is 702. The first-order valence-electron chi connectivity index (χ1n) is 5.56. The molecule has 2 aromatic rings. The fourth-order valence-corrected chi connectivity index (χ4v) is 4.08. The van der Waals surface area contributed by atoms with Crippen molar-refractivity contribution in [1.82, 2.24) is 9.29 Å². The Labute approximate surface area is 126 Å². The number of nitrogen functional groups attached to an aromatic ring is 1. The van der Waals surface area contributed by atoms with Gasteiger partial charge in [0.1, 0.15) is 4.90 Å². The molecule has 0 fully saturated rings. The van der Waals surface area contributed by atoms with E-state index in [4.69, 9.17) is 17.4 Å². The predicted octanol–water partition coefficient (Wildman–Crippen LogP) is 1.90. The number of pyridine rings is 1. The van der Waals surface area contributed by atoms with Gasteiger partial charge in [-0.3, -0.25) is 10.8 Å². The number of nitrogens with one attached hydrogen (secondary N) is 1. The zero-order valence-electron chi connectivity index (χ0n) is 10.6. The molecule has 9 heteroatoms. The number of nitrogens with zero attached hydrogens (tertiary/aromatic N) is 2. The molecule has 0 bridgehead atoms. The highest BCUT2D eigenvalue weighted by molar-refractivity contribution is 7.89. The van der Waals surface area contributed by atoms with Crippen molar-refractivity contribution in [1.29, 1.82) is 0 Å². The molecule has 0 saturated carbocycles. The van der Waals surface area contributed by atoms with E-state index in [2.05, 4.69) is 10.4 Å². The molecule has 0 spiro atoms. The number of aromatic nitrogens is 1. The van der Waals surface area contributed by atoms with Crippen molar-refractivity contribution in [3.63, 3.8) is 0 Å². The predicted molar refractivity (Wildman–Crippen MR) is 80.0 cm³/mol. The molecule has 0 amide bonds. The average Bonchev–Trinajstić information content (AvgIpc) is 2.84. The van der Waals surface area contributed by atoms with E-state index >= 15 is 0 Å². The Hall–Kier alpha value is -1.19. The van der Waals surface area contributed by atoms with Crippen LogP contribution in [0.4, 0.5) is 5.69 Å². The first-order chi connectivity index (χ1) is 9.45. The largest absolute Gasteiger partial charge is 0.323 e. The smallest absolute Gasteiger partial charge is 0.246 e. The van der Waals surface area contributed by atoms with Gasteiger partial charge < -0.3 is 5.43 Å². The third-order valence-electron chi connectivity index (χ3n) is 2.64. The summed E-state index contributed by atoms with van der Waals surface area (Å²) in [6.07, 6.45) is 2.73. The molecule has 0 aliphatic rings. The van der Waals surface area contributed by atoms with Gasteiger partial charge >= 0.3 is 0 Å². The van der Waals surface area contributed by atoms with E-state index in [9.17, 15) is 8.42 Å². The van der Waals surface area contributed by atoms with Crippen LogP contribution in [0.5, 0.6) is 0 Å². The summed E-state index contributed by atoms with van der Waals surface area (Å²) in [5.41, 5.74) is 2.66. The van der Waals surface area contributed by atoms with Gasteiger partial charge in [-0.15, -0.1) is 11.3 Å². The highest BCUT2D eigenvalue weighted by Gasteiger charge is 2.24. The van der Waals surface area contributed by atoms with Crippen molar-refractivity contribution >= 4 is 38.6 Å². The maximum atomic E-state index is 12.5. The number of anilines is 1. The lowest BCUT2D eigenvalue weighted by Crippen LogP contribution is -2.27. The van der Waals surface area contributed by atoms with Gasteiger partial charge in [0, 0.05) is 30.9 Å². The summed E-state index contributed by atoms with van der Waals surface area (Å²) in [5.74, 6) is 5.33. The zero-order chi connectivity index (χ0) is 14.8. The highest BCUT2D eigenvalue weighted by atomic mass is 35.5. The SMILES string of the molecule is CN(Cc1ccc(Cl)s1)S(=O)(=O)c1cnccc1NN. The second-order valence-electron chi connectivity index (χ2n) is 3.98. The molecular formula is C11H13ClN4O2S2. The van der Waals surface area contributed by atoms with E-state index in [1.54, 1.807) is 12.1 Å². The van der Waals surface area contributed by atoms with Crippen LogP contribution in [0.1, 0.15) is 4.88 Å². The summed E-state index contributed by atoms with van der Waals surface area (Å²) in [7, 11) is -2.18. The first kappa shape index (κ1) is 15.2. The minimum atomic E-state index is -3.68. The van der Waals surface area contributed by atoms with Gasteiger partial charge in [0.15, 0.2) is 0 Å². The van der Waals surface area contributed by atoms with Crippen molar-refractivity contribution in [3.05, 3.63) is 39.8 Å². The van der Waals surface area contributed by atoms with Gasteiger partial charge in [0.2, 0.25) is 10.0 Å². The molecule has 0 unspecified atom stereocenters. The van der Waals surface area contributed by atoms with Crippen molar-refractivity contribution in [2.24, 2.45) is 5.84 Å². The van der Waals surface area contributed by atoms with E-state index in [1.807, 2.05) is 0 Å². The molecule has 2 rings (SSSR count). The molecule has 0 aliphatic heterocycles. The number of nitrogens with two attached hydrogens (primary N) is 1. The number of halogens is 1. The second kappa shape index (κ2) is 6.06. The summed E-state index contributed by atoms with van der Waals surface area (Å²) in [6.45, 7) is 0.235. The van der Waals surface area contributed by atoms with Crippen LogP contribution in [0.15, 0.2) is 35.5 Å². The van der Waals surface area contributed by atoms with Crippen LogP contribution in [-0.4, -0.2) is 24.8 Å². The molecule has 0 aromatic carbocycles. The lowest BCUT2D eigenvalue weighted by molar-refractivity contribution is 0.469. The molecule has 20 heavy (non-hydrogen) atoms. The normalized spacial score (nSPS) is 11.8. The van der Waals surface area contributed by atoms with Gasteiger partial charge in [0.25, 0.3) is 0 Å². The molecule has 0 atom stereocenters. The van der Waals surface area contributed by atoms with E-state index in [0.29, 0.717) is 10.0 Å². The lowest BCUT2D eigenvalue weighted by atomic mass is 10.4. The molecular weight excluding hydrogens is 320 g/mol. The molecule has 0 aliphatic carbocycles. The molecule has 0 saturated heterocycles. The number of sulfonamides is 1. The van der Waals surface area contributed by atoms with Gasteiger partial charge in [0.05, 0.1) is 10.0 Å². The van der Waals surface area contributed by atoms with Crippen LogP contribution in [-0.2, 0) is 16.6 Å². The van der Waals surface area contributed by atoms with E-state index < -0.39 is 10.0 Å². The minimum absolute atomic E-state index is 0.0349. The second-order valence-corrected chi connectivity index (χ2v) is 7.80. The summed E-state index contributed by atoms with van der Waals surface area (Å²) in [5, 5.41) is 0. The Morgan fingerprint density at radius 2 is 2.20 bits per heavy atom. The van der Waals surface area contributed by atoms with Gasteiger partial charge in [-0.05, 0) is 18.2 Å². The average molecular weight is 333 g/mol. The van der Waals surface area contributed by atoms with E-state index in [1.165, 1.54) is 41.1 Å². The highest BCUT2D eigenvalue weighted by Crippen LogP contribution is 2.26. The summed E-state index contributed by atoms with van der Waals surface area (Å²) in [6, 6.07) is 5.03. The molecule has 3 N–H and O–H groups in total. The first-order valence-corrected chi connectivity index (χ1v) is 8.20. The quantitative estimate of drug-likeness (QED) is 0.645. The van der Waals surface area contributed by atoms with Crippen molar-refractivity contribution in [2.45, 2.75) is 11.4 Å². The molecule has 2 heterocycles. The van der Waals surface area contributed by atoms with Crippen molar-refractivity contribution in [2.75, 3.05) is 12.5 Å². The van der Waals surface area contributed by atoms with Gasteiger partial charge in [-0.25, -0.2) is 8.42 Å². The van der Waals surface area contributed by atoms with Gasteiger partial charge in [-0.2, -0.15) is 4.31 Å². The lowest BCUT2D eigenvalue weighted by Gasteiger charge is -2.18. The Morgan fingerprint density at radius 1 is 1.45 bits per heavy atom. The van der Waals surface area contributed by atoms with E-state index in [-0.39, 0.29) is 11.4 Å².